The zero-order valence-corrected chi connectivity index (χ0v) is 17.1. The first-order valence-corrected chi connectivity index (χ1v) is 11.3. The molecule has 5 atom stereocenters. The van der Waals surface area contributed by atoms with Gasteiger partial charge in [0.05, 0.1) is 0 Å². The Hall–Kier alpha value is -1.85. The van der Waals surface area contributed by atoms with Crippen LogP contribution in [0, 0.1) is 0 Å². The van der Waals surface area contributed by atoms with Gasteiger partial charge in [-0.05, 0) is 68.8 Å². The number of ether oxygens (including phenoxy) is 1. The lowest BCUT2D eigenvalue weighted by Gasteiger charge is -2.58. The Bertz CT molecular complexity index is 779. The van der Waals surface area contributed by atoms with Gasteiger partial charge in [-0.15, -0.1) is 0 Å². The first-order chi connectivity index (χ1) is 14.2. The molecule has 1 N–H and O–H groups in total. The number of fused-ring (bicyclic) bond motifs is 6. The fourth-order valence-corrected chi connectivity index (χ4v) is 6.28. The third-order valence-electron chi connectivity index (χ3n) is 7.52. The highest BCUT2D eigenvalue weighted by molar-refractivity contribution is 5.87. The van der Waals surface area contributed by atoms with Crippen molar-refractivity contribution in [2.75, 3.05) is 13.1 Å². The van der Waals surface area contributed by atoms with Crippen molar-refractivity contribution in [2.24, 2.45) is 0 Å². The molecule has 0 aromatic heterocycles. The van der Waals surface area contributed by atoms with Crippen LogP contribution < -0.4 is 0 Å². The van der Waals surface area contributed by atoms with E-state index < -0.39 is 0 Å². The normalized spacial score (nSPS) is 35.1. The Morgan fingerprint density at radius 2 is 1.72 bits per heavy atom. The third kappa shape index (κ3) is 4.08. The number of rotatable bonds is 3. The van der Waals surface area contributed by atoms with Crippen LogP contribution >= 0.6 is 0 Å². The van der Waals surface area contributed by atoms with Crippen molar-refractivity contribution in [3.05, 3.63) is 35.9 Å². The van der Waals surface area contributed by atoms with Crippen LogP contribution in [-0.2, 0) is 9.53 Å². The molecule has 0 saturated carbocycles. The maximum Gasteiger partial charge on any atom is 0.331 e. The van der Waals surface area contributed by atoms with E-state index in [1.807, 2.05) is 6.07 Å². The van der Waals surface area contributed by atoms with E-state index in [4.69, 9.17) is 4.74 Å². The second-order valence-electron chi connectivity index (χ2n) is 9.31. The molecule has 5 heteroatoms. The number of esters is 1. The Labute approximate surface area is 173 Å². The van der Waals surface area contributed by atoms with E-state index in [0.29, 0.717) is 6.04 Å². The summed E-state index contributed by atoms with van der Waals surface area (Å²) in [5, 5.41) is 9.53. The summed E-state index contributed by atoms with van der Waals surface area (Å²) in [7, 11) is 0. The largest absolute Gasteiger partial charge is 0.508 e. The van der Waals surface area contributed by atoms with Gasteiger partial charge in [0, 0.05) is 43.2 Å². The van der Waals surface area contributed by atoms with Crippen LogP contribution in [0.4, 0.5) is 0 Å². The smallest absolute Gasteiger partial charge is 0.331 e. The molecule has 0 spiro atoms. The molecule has 4 aliphatic rings. The molecule has 5 nitrogen and oxygen atoms in total. The molecule has 1 aromatic rings. The lowest BCUT2D eigenvalue weighted by Crippen LogP contribution is -2.65. The van der Waals surface area contributed by atoms with Crippen LogP contribution in [0.3, 0.4) is 0 Å². The first kappa shape index (κ1) is 19.1. The van der Waals surface area contributed by atoms with Crippen LogP contribution in [-0.4, -0.2) is 64.2 Å². The molecule has 0 radical (unpaired) electrons. The van der Waals surface area contributed by atoms with E-state index in [2.05, 4.69) is 9.80 Å². The number of hydrogen-bond donors (Lipinski definition) is 1. The fraction of sp³-hybridized carbons (Fsp3) is 0.625. The quantitative estimate of drug-likeness (QED) is 0.625. The zero-order valence-electron chi connectivity index (χ0n) is 17.1. The molecule has 4 saturated heterocycles. The number of aromatic hydroxyl groups is 1. The second kappa shape index (κ2) is 8.11. The van der Waals surface area contributed by atoms with Gasteiger partial charge in [-0.25, -0.2) is 4.79 Å². The van der Waals surface area contributed by atoms with Crippen molar-refractivity contribution in [3.63, 3.8) is 0 Å². The van der Waals surface area contributed by atoms with Gasteiger partial charge < -0.3 is 9.84 Å². The number of benzene rings is 1. The molecule has 1 aromatic carbocycles. The Morgan fingerprint density at radius 1 is 0.966 bits per heavy atom. The number of nitrogens with zero attached hydrogens (tertiary/aromatic N) is 2. The van der Waals surface area contributed by atoms with E-state index in [0.717, 1.165) is 43.1 Å². The number of piperidine rings is 4. The van der Waals surface area contributed by atoms with Gasteiger partial charge in [-0.1, -0.05) is 18.6 Å². The SMILES string of the molecule is O=C(/C=C\c1cccc(O)c1)OC1CCN2[C@@H]3C[C@@H](C[C@@H]2C1)N1CCCC[C@@H]1C3. The molecular formula is C24H32N2O3. The molecule has 156 valence electrons. The molecule has 5 rings (SSSR count). The van der Waals surface area contributed by atoms with E-state index in [-0.39, 0.29) is 17.8 Å². The fourth-order valence-electron chi connectivity index (χ4n) is 6.28. The van der Waals surface area contributed by atoms with Crippen LogP contribution in [0.25, 0.3) is 6.08 Å². The number of phenolic OH excluding ortho intramolecular Hbond substituents is 1. The Balaban J connectivity index is 1.18. The van der Waals surface area contributed by atoms with Crippen molar-refractivity contribution in [2.45, 2.75) is 81.6 Å². The minimum atomic E-state index is -0.279. The van der Waals surface area contributed by atoms with Gasteiger partial charge in [0.2, 0.25) is 0 Å². The monoisotopic (exact) mass is 396 g/mol. The number of carbonyl (C=O) groups is 1. The summed E-state index contributed by atoms with van der Waals surface area (Å²) in [5.41, 5.74) is 0.799. The summed E-state index contributed by atoms with van der Waals surface area (Å²) in [5.74, 6) is -0.0782. The van der Waals surface area contributed by atoms with Crippen LogP contribution in [0.5, 0.6) is 5.75 Å². The summed E-state index contributed by atoms with van der Waals surface area (Å²) in [4.78, 5) is 17.9. The van der Waals surface area contributed by atoms with Gasteiger partial charge in [0.1, 0.15) is 11.9 Å². The Morgan fingerprint density at radius 3 is 2.55 bits per heavy atom. The minimum absolute atomic E-state index is 0.0218. The third-order valence-corrected chi connectivity index (χ3v) is 7.52. The number of phenols is 1. The highest BCUT2D eigenvalue weighted by atomic mass is 16.5. The second-order valence-corrected chi connectivity index (χ2v) is 9.31. The summed E-state index contributed by atoms with van der Waals surface area (Å²) in [6, 6.07) is 9.72. The molecule has 4 fully saturated rings. The van der Waals surface area contributed by atoms with E-state index in [9.17, 15) is 9.90 Å². The van der Waals surface area contributed by atoms with E-state index in [1.54, 1.807) is 24.3 Å². The lowest BCUT2D eigenvalue weighted by atomic mass is 9.76. The van der Waals surface area contributed by atoms with Crippen molar-refractivity contribution in [1.29, 1.82) is 0 Å². The van der Waals surface area contributed by atoms with Crippen molar-refractivity contribution >= 4 is 12.0 Å². The average Bonchev–Trinajstić information content (AvgIpc) is 2.72. The lowest BCUT2D eigenvalue weighted by molar-refractivity contribution is -0.149. The molecule has 0 aliphatic carbocycles. The standard InChI is InChI=1S/C24H32N2O3/c27-22-6-3-4-17(12-22)7-8-24(28)29-23-9-11-26-19-13-18-5-1-2-10-25(18)20(14-19)15-21(26)16-23/h3-4,6-8,12,18-21,23,27H,1-2,5,9-11,13-16H2/b8-7-/t18-,19+,20+,21-,23?/m1/s1. The van der Waals surface area contributed by atoms with Gasteiger partial charge >= 0.3 is 5.97 Å². The Kier molecular flexibility index (Phi) is 5.35. The number of carbonyl (C=O) groups excluding carboxylic acids is 1. The first-order valence-electron chi connectivity index (χ1n) is 11.3. The van der Waals surface area contributed by atoms with Crippen LogP contribution in [0.15, 0.2) is 30.3 Å². The summed E-state index contributed by atoms with van der Waals surface area (Å²) in [6.07, 6.45) is 13.2. The van der Waals surface area contributed by atoms with Crippen molar-refractivity contribution in [3.8, 4) is 5.75 Å². The number of hydrogen-bond acceptors (Lipinski definition) is 5. The highest BCUT2D eigenvalue weighted by Gasteiger charge is 2.47. The predicted molar refractivity (Wildman–Crippen MR) is 113 cm³/mol. The summed E-state index contributed by atoms with van der Waals surface area (Å²) >= 11 is 0. The van der Waals surface area contributed by atoms with Crippen LogP contribution in [0.1, 0.15) is 56.9 Å². The molecule has 4 aliphatic heterocycles. The maximum absolute atomic E-state index is 12.3. The average molecular weight is 397 g/mol. The maximum atomic E-state index is 12.3. The predicted octanol–water partition coefficient (Wildman–Crippen LogP) is 3.57. The van der Waals surface area contributed by atoms with Crippen LogP contribution in [0.2, 0.25) is 0 Å². The van der Waals surface area contributed by atoms with Crippen molar-refractivity contribution in [1.82, 2.24) is 9.80 Å². The van der Waals surface area contributed by atoms with Gasteiger partial charge in [0.15, 0.2) is 0 Å². The highest BCUT2D eigenvalue weighted by Crippen LogP contribution is 2.42. The summed E-state index contributed by atoms with van der Waals surface area (Å²) < 4.78 is 5.79. The summed E-state index contributed by atoms with van der Waals surface area (Å²) in [6.45, 7) is 2.34. The van der Waals surface area contributed by atoms with E-state index in [1.165, 1.54) is 51.1 Å². The van der Waals surface area contributed by atoms with Gasteiger partial charge in [-0.2, -0.15) is 0 Å². The van der Waals surface area contributed by atoms with Crippen molar-refractivity contribution < 1.29 is 14.6 Å². The van der Waals surface area contributed by atoms with E-state index >= 15 is 0 Å². The molecule has 4 heterocycles. The minimum Gasteiger partial charge on any atom is -0.508 e. The topological polar surface area (TPSA) is 53.0 Å². The molecule has 29 heavy (non-hydrogen) atoms. The molecular weight excluding hydrogens is 364 g/mol. The molecule has 0 amide bonds. The molecule has 2 bridgehead atoms. The van der Waals surface area contributed by atoms with Gasteiger partial charge in [-0.3, -0.25) is 9.80 Å². The molecule has 1 unspecified atom stereocenters. The van der Waals surface area contributed by atoms with Gasteiger partial charge in [0.25, 0.3) is 0 Å². The zero-order chi connectivity index (χ0) is 19.8.